The van der Waals surface area contributed by atoms with E-state index in [1.54, 1.807) is 29.2 Å². The van der Waals surface area contributed by atoms with Crippen LogP contribution in [0.3, 0.4) is 0 Å². The molecule has 0 aliphatic rings. The van der Waals surface area contributed by atoms with E-state index in [-0.39, 0.29) is 11.8 Å². The topological polar surface area (TPSA) is 61.4 Å². The van der Waals surface area contributed by atoms with Crippen LogP contribution in [0.1, 0.15) is 20.8 Å². The van der Waals surface area contributed by atoms with Crippen LogP contribution >= 0.6 is 0 Å². The van der Waals surface area contributed by atoms with Crippen LogP contribution < -0.4 is 10.6 Å². The van der Waals surface area contributed by atoms with Crippen molar-refractivity contribution in [2.75, 3.05) is 31.3 Å². The Balaban J connectivity index is 2.61. The minimum atomic E-state index is -0.432. The van der Waals surface area contributed by atoms with E-state index < -0.39 is 5.41 Å². The second kappa shape index (κ2) is 6.52. The van der Waals surface area contributed by atoms with E-state index in [9.17, 15) is 9.59 Å². The molecule has 0 bridgehead atoms. The lowest BCUT2D eigenvalue weighted by molar-refractivity contribution is -0.123. The zero-order chi connectivity index (χ0) is 15.3. The summed E-state index contributed by atoms with van der Waals surface area (Å²) in [5.41, 5.74) is 1.000. The van der Waals surface area contributed by atoms with Crippen LogP contribution in [0.5, 0.6) is 0 Å². The summed E-state index contributed by atoms with van der Waals surface area (Å²) in [4.78, 5) is 25.2. The van der Waals surface area contributed by atoms with Crippen molar-refractivity contribution in [2.45, 2.75) is 20.8 Å². The van der Waals surface area contributed by atoms with E-state index in [4.69, 9.17) is 0 Å². The Labute approximate surface area is 120 Å². The third-order valence-corrected chi connectivity index (χ3v) is 2.57. The molecule has 1 rings (SSSR count). The van der Waals surface area contributed by atoms with Crippen molar-refractivity contribution in [2.24, 2.45) is 5.41 Å². The van der Waals surface area contributed by atoms with Gasteiger partial charge in [0.1, 0.15) is 0 Å². The van der Waals surface area contributed by atoms with Crippen LogP contribution in [-0.2, 0) is 9.59 Å². The third kappa shape index (κ3) is 5.40. The molecule has 5 heteroatoms. The predicted molar refractivity (Wildman–Crippen MR) is 81.7 cm³/mol. The number of carbonyl (C=O) groups is 2. The van der Waals surface area contributed by atoms with Crippen molar-refractivity contribution in [3.63, 3.8) is 0 Å². The normalized spacial score (nSPS) is 11.3. The molecule has 0 atom stereocenters. The van der Waals surface area contributed by atoms with E-state index in [1.165, 1.54) is 0 Å². The number of hydrogen-bond acceptors (Lipinski definition) is 3. The van der Waals surface area contributed by atoms with Gasteiger partial charge < -0.3 is 15.5 Å². The molecular formula is C15H23N3O2. The molecule has 1 aromatic rings. The number of likely N-dealkylation sites (N-methyl/N-ethyl adjacent to an activating group) is 1. The van der Waals surface area contributed by atoms with Crippen molar-refractivity contribution in [3.05, 3.63) is 24.3 Å². The lowest BCUT2D eigenvalue weighted by Crippen LogP contribution is -2.28. The van der Waals surface area contributed by atoms with Gasteiger partial charge in [0.05, 0.1) is 6.54 Å². The molecular weight excluding hydrogens is 254 g/mol. The van der Waals surface area contributed by atoms with Gasteiger partial charge in [0.25, 0.3) is 0 Å². The van der Waals surface area contributed by atoms with Crippen molar-refractivity contribution >= 4 is 23.2 Å². The van der Waals surface area contributed by atoms with Crippen molar-refractivity contribution in [1.29, 1.82) is 0 Å². The van der Waals surface area contributed by atoms with Gasteiger partial charge in [0.15, 0.2) is 0 Å². The summed E-state index contributed by atoms with van der Waals surface area (Å²) < 4.78 is 0. The van der Waals surface area contributed by atoms with Gasteiger partial charge >= 0.3 is 0 Å². The summed E-state index contributed by atoms with van der Waals surface area (Å²) >= 11 is 0. The van der Waals surface area contributed by atoms with Crippen LogP contribution in [0.2, 0.25) is 0 Å². The van der Waals surface area contributed by atoms with Gasteiger partial charge in [-0.05, 0) is 38.4 Å². The molecule has 0 saturated heterocycles. The molecule has 0 heterocycles. The van der Waals surface area contributed by atoms with E-state index >= 15 is 0 Å². The number of nitrogens with zero attached hydrogens (tertiary/aromatic N) is 1. The minimum Gasteiger partial charge on any atom is -0.326 e. The Bertz CT molecular complexity index is 473. The van der Waals surface area contributed by atoms with E-state index in [2.05, 4.69) is 10.6 Å². The minimum absolute atomic E-state index is 0.0399. The number of amides is 2. The molecule has 0 unspecified atom stereocenters. The highest BCUT2D eigenvalue weighted by Crippen LogP contribution is 2.19. The molecule has 110 valence electrons. The molecule has 1 aromatic carbocycles. The van der Waals surface area contributed by atoms with Crippen molar-refractivity contribution < 1.29 is 9.59 Å². The number of rotatable bonds is 4. The molecule has 0 aliphatic heterocycles. The third-order valence-electron chi connectivity index (χ3n) is 2.57. The number of hydrogen-bond donors (Lipinski definition) is 2. The molecule has 5 nitrogen and oxygen atoms in total. The van der Waals surface area contributed by atoms with Gasteiger partial charge in [-0.3, -0.25) is 9.59 Å². The molecule has 0 radical (unpaired) electrons. The monoisotopic (exact) mass is 277 g/mol. The van der Waals surface area contributed by atoms with E-state index in [0.717, 1.165) is 5.69 Å². The first-order valence-corrected chi connectivity index (χ1v) is 6.54. The predicted octanol–water partition coefficient (Wildman–Crippen LogP) is 2.17. The summed E-state index contributed by atoms with van der Waals surface area (Å²) in [7, 11) is 3.68. The zero-order valence-corrected chi connectivity index (χ0v) is 12.8. The highest BCUT2D eigenvalue weighted by molar-refractivity contribution is 5.95. The van der Waals surface area contributed by atoms with Gasteiger partial charge in [0, 0.05) is 16.8 Å². The number of carbonyl (C=O) groups excluding carboxylic acids is 2. The fourth-order valence-corrected chi connectivity index (χ4v) is 1.44. The summed E-state index contributed by atoms with van der Waals surface area (Å²) in [5, 5.41) is 5.63. The van der Waals surface area contributed by atoms with Crippen LogP contribution in [0.15, 0.2) is 24.3 Å². The zero-order valence-electron chi connectivity index (χ0n) is 12.8. The second-order valence-electron chi connectivity index (χ2n) is 6.07. The van der Waals surface area contributed by atoms with Crippen LogP contribution in [0.4, 0.5) is 11.4 Å². The van der Waals surface area contributed by atoms with Crippen LogP contribution in [0.25, 0.3) is 0 Å². The Morgan fingerprint density at radius 1 is 1.00 bits per heavy atom. The maximum Gasteiger partial charge on any atom is 0.238 e. The first-order valence-electron chi connectivity index (χ1n) is 6.54. The lowest BCUT2D eigenvalue weighted by Gasteiger charge is -2.17. The van der Waals surface area contributed by atoms with Gasteiger partial charge in [0.2, 0.25) is 11.8 Å². The second-order valence-corrected chi connectivity index (χ2v) is 6.07. The van der Waals surface area contributed by atoms with Gasteiger partial charge in [-0.25, -0.2) is 0 Å². The summed E-state index contributed by atoms with van der Waals surface area (Å²) in [6, 6.07) is 7.08. The van der Waals surface area contributed by atoms with E-state index in [1.807, 2.05) is 34.9 Å². The Morgan fingerprint density at radius 2 is 1.45 bits per heavy atom. The average Bonchev–Trinajstić information content (AvgIpc) is 2.29. The molecule has 2 amide bonds. The maximum absolute atomic E-state index is 11.8. The largest absolute Gasteiger partial charge is 0.326 e. The summed E-state index contributed by atoms with van der Waals surface area (Å²) in [6.45, 7) is 5.91. The molecule has 0 fully saturated rings. The average molecular weight is 277 g/mol. The summed E-state index contributed by atoms with van der Waals surface area (Å²) in [6.07, 6.45) is 0. The van der Waals surface area contributed by atoms with Crippen LogP contribution in [0, 0.1) is 5.41 Å². The Morgan fingerprint density at radius 3 is 1.85 bits per heavy atom. The summed E-state index contributed by atoms with van der Waals surface area (Å²) in [5.74, 6) is -0.108. The first-order chi connectivity index (χ1) is 9.18. The lowest BCUT2D eigenvalue weighted by atomic mass is 9.95. The molecule has 20 heavy (non-hydrogen) atoms. The van der Waals surface area contributed by atoms with Crippen molar-refractivity contribution in [1.82, 2.24) is 4.90 Å². The molecule has 0 aromatic heterocycles. The molecule has 2 N–H and O–H groups in total. The smallest absolute Gasteiger partial charge is 0.238 e. The first kappa shape index (κ1) is 16.2. The molecule has 0 spiro atoms. The highest BCUT2D eigenvalue weighted by Gasteiger charge is 2.20. The fraction of sp³-hybridized carbons (Fsp3) is 0.467. The standard InChI is InChI=1S/C15H23N3O2/c1-15(2,3)14(20)17-12-8-6-11(7-9-12)16-13(19)10-18(4)5/h6-9H,10H2,1-5H3,(H,16,19)(H,17,20). The fourth-order valence-electron chi connectivity index (χ4n) is 1.44. The van der Waals surface area contributed by atoms with Gasteiger partial charge in [-0.1, -0.05) is 20.8 Å². The van der Waals surface area contributed by atoms with Crippen LogP contribution in [-0.4, -0.2) is 37.4 Å². The maximum atomic E-state index is 11.8. The Kier molecular flexibility index (Phi) is 5.27. The van der Waals surface area contributed by atoms with E-state index in [0.29, 0.717) is 12.2 Å². The van der Waals surface area contributed by atoms with Crippen molar-refractivity contribution in [3.8, 4) is 0 Å². The SMILES string of the molecule is CN(C)CC(=O)Nc1ccc(NC(=O)C(C)(C)C)cc1. The molecule has 0 saturated carbocycles. The Hall–Kier alpha value is -1.88. The number of nitrogens with one attached hydrogen (secondary N) is 2. The number of anilines is 2. The van der Waals surface area contributed by atoms with Gasteiger partial charge in [-0.2, -0.15) is 0 Å². The number of benzene rings is 1. The molecule has 0 aliphatic carbocycles. The quantitative estimate of drug-likeness (QED) is 0.886. The highest BCUT2D eigenvalue weighted by atomic mass is 16.2. The van der Waals surface area contributed by atoms with Gasteiger partial charge in [-0.15, -0.1) is 0 Å².